The van der Waals surface area contributed by atoms with Gasteiger partial charge in [-0.15, -0.1) is 0 Å². The van der Waals surface area contributed by atoms with E-state index in [4.69, 9.17) is 5.73 Å². The number of hydrogen-bond acceptors (Lipinski definition) is 6. The van der Waals surface area contributed by atoms with Gasteiger partial charge in [0.15, 0.2) is 0 Å². The Morgan fingerprint density at radius 2 is 1.66 bits per heavy atom. The van der Waals surface area contributed by atoms with Crippen LogP contribution in [-0.4, -0.2) is 15.9 Å². The van der Waals surface area contributed by atoms with Crippen molar-refractivity contribution in [2.24, 2.45) is 0 Å². The summed E-state index contributed by atoms with van der Waals surface area (Å²) in [5.41, 5.74) is 10.6. The highest BCUT2D eigenvalue weighted by atomic mass is 16.1. The van der Waals surface area contributed by atoms with E-state index in [1.165, 1.54) is 11.8 Å². The number of hydrogen-bond donors (Lipinski definition) is 4. The molecule has 0 atom stereocenters. The summed E-state index contributed by atoms with van der Waals surface area (Å²) >= 11 is 0. The van der Waals surface area contributed by atoms with E-state index in [9.17, 15) is 4.79 Å². The third-order valence-corrected chi connectivity index (χ3v) is 4.79. The van der Waals surface area contributed by atoms with Gasteiger partial charge in [0.25, 0.3) is 5.91 Å². The molecule has 0 aliphatic rings. The fraction of sp³-hybridized carbons (Fsp3) is 0.0800. The van der Waals surface area contributed by atoms with Crippen molar-refractivity contribution in [3.05, 3.63) is 102 Å². The zero-order chi connectivity index (χ0) is 22.3. The molecular formula is C25H24N6O. The SMILES string of the molecule is Cc1ccc(CNC(=O)c2cnc(Nc3ccccc3)nc2Nc2cccc(N)c2)cc1. The van der Waals surface area contributed by atoms with Gasteiger partial charge in [-0.3, -0.25) is 4.79 Å². The number of aryl methyl sites for hydroxylation is 1. The van der Waals surface area contributed by atoms with Gasteiger partial charge in [-0.05, 0) is 42.8 Å². The quantitative estimate of drug-likeness (QED) is 0.318. The smallest absolute Gasteiger partial charge is 0.256 e. The fourth-order valence-corrected chi connectivity index (χ4v) is 3.09. The summed E-state index contributed by atoms with van der Waals surface area (Å²) in [5.74, 6) is 0.478. The molecule has 160 valence electrons. The summed E-state index contributed by atoms with van der Waals surface area (Å²) in [6.45, 7) is 2.43. The highest BCUT2D eigenvalue weighted by molar-refractivity contribution is 5.99. The Balaban J connectivity index is 1.58. The van der Waals surface area contributed by atoms with Gasteiger partial charge in [0.1, 0.15) is 11.4 Å². The summed E-state index contributed by atoms with van der Waals surface area (Å²) in [6, 6.07) is 24.9. The lowest BCUT2D eigenvalue weighted by Gasteiger charge is -2.14. The molecule has 0 bridgehead atoms. The zero-order valence-corrected chi connectivity index (χ0v) is 17.7. The molecule has 0 aliphatic heterocycles. The normalized spacial score (nSPS) is 10.4. The second-order valence-corrected chi connectivity index (χ2v) is 7.37. The lowest BCUT2D eigenvalue weighted by molar-refractivity contribution is 0.0951. The summed E-state index contributed by atoms with van der Waals surface area (Å²) in [5, 5.41) is 9.28. The van der Waals surface area contributed by atoms with Crippen LogP contribution in [0.15, 0.2) is 85.1 Å². The van der Waals surface area contributed by atoms with Crippen molar-refractivity contribution < 1.29 is 4.79 Å². The van der Waals surface area contributed by atoms with Gasteiger partial charge < -0.3 is 21.7 Å². The van der Waals surface area contributed by atoms with E-state index in [2.05, 4.69) is 25.9 Å². The lowest BCUT2D eigenvalue weighted by Crippen LogP contribution is -2.24. The van der Waals surface area contributed by atoms with Gasteiger partial charge in [-0.25, -0.2) is 4.98 Å². The maximum atomic E-state index is 13.0. The van der Waals surface area contributed by atoms with Crippen LogP contribution in [0.2, 0.25) is 0 Å². The Bertz CT molecular complexity index is 1210. The van der Waals surface area contributed by atoms with Crippen LogP contribution >= 0.6 is 0 Å². The van der Waals surface area contributed by atoms with E-state index in [0.717, 1.165) is 16.9 Å². The summed E-state index contributed by atoms with van der Waals surface area (Å²) in [7, 11) is 0. The number of carbonyl (C=O) groups excluding carboxylic acids is 1. The van der Waals surface area contributed by atoms with Crippen LogP contribution in [0, 0.1) is 6.92 Å². The van der Waals surface area contributed by atoms with Gasteiger partial charge in [-0.1, -0.05) is 54.1 Å². The van der Waals surface area contributed by atoms with Crippen LogP contribution in [0.3, 0.4) is 0 Å². The van der Waals surface area contributed by atoms with Gasteiger partial charge in [-0.2, -0.15) is 4.98 Å². The maximum Gasteiger partial charge on any atom is 0.256 e. The number of nitrogens with zero attached hydrogens (tertiary/aromatic N) is 2. The van der Waals surface area contributed by atoms with E-state index < -0.39 is 0 Å². The zero-order valence-electron chi connectivity index (χ0n) is 17.7. The molecule has 7 nitrogen and oxygen atoms in total. The highest BCUT2D eigenvalue weighted by Crippen LogP contribution is 2.23. The molecule has 3 aromatic carbocycles. The lowest BCUT2D eigenvalue weighted by atomic mass is 10.1. The largest absolute Gasteiger partial charge is 0.399 e. The van der Waals surface area contributed by atoms with Crippen LogP contribution in [0.5, 0.6) is 0 Å². The first-order chi connectivity index (χ1) is 15.6. The number of aromatic nitrogens is 2. The van der Waals surface area contributed by atoms with Crippen LogP contribution in [-0.2, 0) is 6.54 Å². The van der Waals surface area contributed by atoms with E-state index in [1.54, 1.807) is 12.1 Å². The fourth-order valence-electron chi connectivity index (χ4n) is 3.09. The van der Waals surface area contributed by atoms with Gasteiger partial charge >= 0.3 is 0 Å². The molecule has 0 unspecified atom stereocenters. The number of nitrogens with one attached hydrogen (secondary N) is 3. The summed E-state index contributed by atoms with van der Waals surface area (Å²) in [4.78, 5) is 21.8. The average Bonchev–Trinajstić information content (AvgIpc) is 2.79. The first-order valence-electron chi connectivity index (χ1n) is 10.2. The molecule has 7 heteroatoms. The van der Waals surface area contributed by atoms with E-state index in [1.807, 2.05) is 73.7 Å². The molecule has 0 aliphatic carbocycles. The topological polar surface area (TPSA) is 105 Å². The third kappa shape index (κ3) is 5.40. The van der Waals surface area contributed by atoms with Gasteiger partial charge in [0, 0.05) is 29.8 Å². The second-order valence-electron chi connectivity index (χ2n) is 7.37. The maximum absolute atomic E-state index is 13.0. The molecule has 0 spiro atoms. The van der Waals surface area contributed by atoms with Crippen LogP contribution in [0.1, 0.15) is 21.5 Å². The van der Waals surface area contributed by atoms with Gasteiger partial charge in [0.2, 0.25) is 5.95 Å². The molecule has 0 radical (unpaired) electrons. The summed E-state index contributed by atoms with van der Waals surface area (Å²) in [6.07, 6.45) is 1.51. The first kappa shape index (κ1) is 20.9. The first-order valence-corrected chi connectivity index (χ1v) is 10.2. The van der Waals surface area contributed by atoms with Crippen molar-refractivity contribution in [2.75, 3.05) is 16.4 Å². The molecular weight excluding hydrogens is 400 g/mol. The second kappa shape index (κ2) is 9.61. The summed E-state index contributed by atoms with van der Waals surface area (Å²) < 4.78 is 0. The molecule has 0 fully saturated rings. The number of anilines is 5. The molecule has 32 heavy (non-hydrogen) atoms. The Hall–Kier alpha value is -4.39. The van der Waals surface area contributed by atoms with E-state index in [0.29, 0.717) is 29.6 Å². The average molecular weight is 425 g/mol. The number of para-hydroxylation sites is 1. The molecule has 4 rings (SSSR count). The Labute approximate surface area is 186 Å². The molecule has 1 amide bonds. The standard InChI is InChI=1S/C25H24N6O/c1-17-10-12-18(13-11-17)15-27-24(32)22-16-28-25(30-20-7-3-2-4-8-20)31-23(22)29-21-9-5-6-19(26)14-21/h2-14,16H,15,26H2,1H3,(H,27,32)(H2,28,29,30,31). The highest BCUT2D eigenvalue weighted by Gasteiger charge is 2.15. The minimum Gasteiger partial charge on any atom is -0.399 e. The van der Waals surface area contributed by atoms with Gasteiger partial charge in [0.05, 0.1) is 0 Å². The molecule has 1 heterocycles. The number of amides is 1. The Morgan fingerprint density at radius 3 is 2.41 bits per heavy atom. The van der Waals surface area contributed by atoms with E-state index in [-0.39, 0.29) is 5.91 Å². The molecule has 4 aromatic rings. The van der Waals surface area contributed by atoms with Crippen molar-refractivity contribution in [3.63, 3.8) is 0 Å². The monoisotopic (exact) mass is 424 g/mol. The minimum absolute atomic E-state index is 0.275. The van der Waals surface area contributed by atoms with Crippen molar-refractivity contribution in [1.82, 2.24) is 15.3 Å². The van der Waals surface area contributed by atoms with E-state index >= 15 is 0 Å². The van der Waals surface area contributed by atoms with Crippen LogP contribution in [0.4, 0.5) is 28.8 Å². The third-order valence-electron chi connectivity index (χ3n) is 4.79. The van der Waals surface area contributed by atoms with Crippen molar-refractivity contribution in [1.29, 1.82) is 0 Å². The number of benzene rings is 3. The number of carbonyl (C=O) groups is 1. The number of nitrogens with two attached hydrogens (primary N) is 1. The molecule has 1 aromatic heterocycles. The Morgan fingerprint density at radius 1 is 0.906 bits per heavy atom. The minimum atomic E-state index is -0.275. The number of rotatable bonds is 7. The van der Waals surface area contributed by atoms with Crippen LogP contribution < -0.4 is 21.7 Å². The molecule has 0 saturated heterocycles. The predicted molar refractivity (Wildman–Crippen MR) is 128 cm³/mol. The Kier molecular flexibility index (Phi) is 6.27. The van der Waals surface area contributed by atoms with Crippen LogP contribution in [0.25, 0.3) is 0 Å². The molecule has 5 N–H and O–H groups in total. The number of nitrogen functional groups attached to an aromatic ring is 1. The van der Waals surface area contributed by atoms with Crippen molar-refractivity contribution in [3.8, 4) is 0 Å². The van der Waals surface area contributed by atoms with Crippen molar-refractivity contribution in [2.45, 2.75) is 13.5 Å². The predicted octanol–water partition coefficient (Wildman–Crippen LogP) is 4.78. The van der Waals surface area contributed by atoms with Crippen molar-refractivity contribution >= 4 is 34.7 Å². The molecule has 0 saturated carbocycles.